The van der Waals surface area contributed by atoms with Crippen molar-refractivity contribution in [2.45, 2.75) is 33.2 Å². The monoisotopic (exact) mass is 263 g/mol. The maximum absolute atomic E-state index is 6.20. The molecule has 96 valence electrons. The average molecular weight is 264 g/mol. The van der Waals surface area contributed by atoms with Gasteiger partial charge in [0.2, 0.25) is 0 Å². The third kappa shape index (κ3) is 2.16. The summed E-state index contributed by atoms with van der Waals surface area (Å²) in [6, 6.07) is 8.09. The van der Waals surface area contributed by atoms with Gasteiger partial charge in [0.25, 0.3) is 0 Å². The lowest BCUT2D eigenvalue weighted by atomic mass is 10.0. The molecule has 2 aromatic rings. The van der Waals surface area contributed by atoms with Gasteiger partial charge < -0.3 is 5.73 Å². The molecule has 1 heterocycles. The zero-order chi connectivity index (χ0) is 13.3. The molecule has 0 fully saturated rings. The van der Waals surface area contributed by atoms with E-state index in [9.17, 15) is 0 Å². The van der Waals surface area contributed by atoms with Crippen LogP contribution in [0.5, 0.6) is 0 Å². The quantitative estimate of drug-likeness (QED) is 0.920. The number of aryl methyl sites for hydroxylation is 1. The lowest BCUT2D eigenvalue weighted by Crippen LogP contribution is -2.13. The van der Waals surface area contributed by atoms with Gasteiger partial charge in [0.15, 0.2) is 0 Å². The van der Waals surface area contributed by atoms with Gasteiger partial charge in [-0.25, -0.2) is 4.68 Å². The van der Waals surface area contributed by atoms with Gasteiger partial charge in [-0.15, -0.1) is 0 Å². The Balaban J connectivity index is 2.60. The molecule has 0 bridgehead atoms. The second-order valence-electron chi connectivity index (χ2n) is 4.47. The fourth-order valence-electron chi connectivity index (χ4n) is 2.07. The molecule has 1 atom stereocenters. The van der Waals surface area contributed by atoms with Gasteiger partial charge in [0, 0.05) is 6.04 Å². The number of hydrogen-bond donors (Lipinski definition) is 1. The van der Waals surface area contributed by atoms with Crippen LogP contribution in [0.25, 0.3) is 5.69 Å². The second-order valence-corrected chi connectivity index (χ2v) is 4.85. The summed E-state index contributed by atoms with van der Waals surface area (Å²) in [5.41, 5.74) is 10.1. The van der Waals surface area contributed by atoms with Crippen LogP contribution in [0.2, 0.25) is 5.02 Å². The summed E-state index contributed by atoms with van der Waals surface area (Å²) in [6.07, 6.45) is 0.893. The van der Waals surface area contributed by atoms with Crippen LogP contribution in [0.4, 0.5) is 0 Å². The predicted octanol–water partition coefficient (Wildman–Crippen LogP) is 3.55. The number of nitrogens with two attached hydrogens (primary N) is 1. The van der Waals surface area contributed by atoms with E-state index in [0.29, 0.717) is 0 Å². The van der Waals surface area contributed by atoms with Crippen LogP contribution in [0.3, 0.4) is 0 Å². The van der Waals surface area contributed by atoms with E-state index >= 15 is 0 Å². The Bertz CT molecular complexity index is 560. The Labute approximate surface area is 113 Å². The van der Waals surface area contributed by atoms with E-state index < -0.39 is 0 Å². The molecule has 1 aromatic carbocycles. The molecule has 1 aromatic heterocycles. The standard InChI is InChI=1S/C14H18ClN3/c1-4-12(16)11-7-5-6-8-13(11)18-10(3)14(15)9(2)17-18/h5-8,12H,4,16H2,1-3H3/t12-/m1/s1. The van der Waals surface area contributed by atoms with Crippen molar-refractivity contribution in [3.05, 3.63) is 46.2 Å². The summed E-state index contributed by atoms with van der Waals surface area (Å²) in [4.78, 5) is 0. The molecule has 3 nitrogen and oxygen atoms in total. The Hall–Kier alpha value is -1.32. The lowest BCUT2D eigenvalue weighted by Gasteiger charge is -2.15. The third-order valence-corrected chi connectivity index (χ3v) is 3.75. The average Bonchev–Trinajstić information content (AvgIpc) is 2.65. The summed E-state index contributed by atoms with van der Waals surface area (Å²) in [5, 5.41) is 5.20. The molecular formula is C14H18ClN3. The van der Waals surface area contributed by atoms with Crippen LogP contribution in [-0.4, -0.2) is 9.78 Å². The predicted molar refractivity (Wildman–Crippen MR) is 75.3 cm³/mol. The zero-order valence-corrected chi connectivity index (χ0v) is 11.7. The van der Waals surface area contributed by atoms with Crippen molar-refractivity contribution in [3.63, 3.8) is 0 Å². The van der Waals surface area contributed by atoms with Crippen LogP contribution >= 0.6 is 11.6 Å². The second kappa shape index (κ2) is 5.12. The maximum atomic E-state index is 6.20. The summed E-state index contributed by atoms with van der Waals surface area (Å²) in [6.45, 7) is 5.96. The number of hydrogen-bond acceptors (Lipinski definition) is 2. The lowest BCUT2D eigenvalue weighted by molar-refractivity contribution is 0.683. The summed E-state index contributed by atoms with van der Waals surface area (Å²) >= 11 is 6.20. The van der Waals surface area contributed by atoms with Crippen LogP contribution in [0.1, 0.15) is 36.3 Å². The molecular weight excluding hydrogens is 246 g/mol. The molecule has 18 heavy (non-hydrogen) atoms. The number of benzene rings is 1. The van der Waals surface area contributed by atoms with Crippen molar-refractivity contribution < 1.29 is 0 Å². The van der Waals surface area contributed by atoms with E-state index in [1.165, 1.54) is 0 Å². The Morgan fingerprint density at radius 2 is 2.00 bits per heavy atom. The molecule has 4 heteroatoms. The molecule has 0 spiro atoms. The molecule has 2 N–H and O–H groups in total. The van der Waals surface area contributed by atoms with Crippen molar-refractivity contribution >= 4 is 11.6 Å². The number of halogens is 1. The fourth-order valence-corrected chi connectivity index (χ4v) is 2.19. The molecule has 0 saturated heterocycles. The van der Waals surface area contributed by atoms with Crippen LogP contribution in [0, 0.1) is 13.8 Å². The number of aromatic nitrogens is 2. The zero-order valence-electron chi connectivity index (χ0n) is 10.9. The fraction of sp³-hybridized carbons (Fsp3) is 0.357. The first-order valence-electron chi connectivity index (χ1n) is 6.12. The Kier molecular flexibility index (Phi) is 3.73. The van der Waals surface area contributed by atoms with E-state index in [1.54, 1.807) is 0 Å². The minimum absolute atomic E-state index is 0.0175. The van der Waals surface area contributed by atoms with E-state index in [1.807, 2.05) is 42.8 Å². The maximum Gasteiger partial charge on any atom is 0.0848 e. The third-order valence-electron chi connectivity index (χ3n) is 3.21. The minimum atomic E-state index is 0.0175. The van der Waals surface area contributed by atoms with Gasteiger partial charge >= 0.3 is 0 Å². The van der Waals surface area contributed by atoms with Crippen molar-refractivity contribution in [1.82, 2.24) is 9.78 Å². The van der Waals surface area contributed by atoms with E-state index in [2.05, 4.69) is 12.0 Å². The minimum Gasteiger partial charge on any atom is -0.324 e. The molecule has 0 aliphatic rings. The van der Waals surface area contributed by atoms with Crippen LogP contribution < -0.4 is 5.73 Å². The largest absolute Gasteiger partial charge is 0.324 e. The summed E-state index contributed by atoms with van der Waals surface area (Å²) < 4.78 is 1.88. The van der Waals surface area contributed by atoms with E-state index in [0.717, 1.165) is 34.1 Å². The van der Waals surface area contributed by atoms with Crippen molar-refractivity contribution in [3.8, 4) is 5.69 Å². The van der Waals surface area contributed by atoms with Gasteiger partial charge in [-0.2, -0.15) is 5.10 Å². The first kappa shape index (κ1) is 13.1. The highest BCUT2D eigenvalue weighted by Crippen LogP contribution is 2.27. The van der Waals surface area contributed by atoms with Crippen LogP contribution in [-0.2, 0) is 0 Å². The smallest absolute Gasteiger partial charge is 0.0848 e. The van der Waals surface area contributed by atoms with Gasteiger partial charge in [0.05, 0.1) is 22.1 Å². The number of nitrogens with zero attached hydrogens (tertiary/aromatic N) is 2. The van der Waals surface area contributed by atoms with E-state index in [-0.39, 0.29) is 6.04 Å². The number of rotatable bonds is 3. The SMILES string of the molecule is CC[C@@H](N)c1ccccc1-n1nc(C)c(Cl)c1C. The van der Waals surface area contributed by atoms with Crippen LogP contribution in [0.15, 0.2) is 24.3 Å². The van der Waals surface area contributed by atoms with Gasteiger partial charge in [-0.05, 0) is 31.9 Å². The van der Waals surface area contributed by atoms with Crippen molar-refractivity contribution in [2.24, 2.45) is 5.73 Å². The molecule has 2 rings (SSSR count). The Morgan fingerprint density at radius 3 is 2.56 bits per heavy atom. The molecule has 0 amide bonds. The summed E-state index contributed by atoms with van der Waals surface area (Å²) in [7, 11) is 0. The van der Waals surface area contributed by atoms with Crippen molar-refractivity contribution in [1.29, 1.82) is 0 Å². The molecule has 0 saturated carbocycles. The normalized spacial score (nSPS) is 12.7. The Morgan fingerprint density at radius 1 is 1.33 bits per heavy atom. The molecule has 0 unspecified atom stereocenters. The molecule has 0 aliphatic carbocycles. The topological polar surface area (TPSA) is 43.8 Å². The molecule has 0 radical (unpaired) electrons. The van der Waals surface area contributed by atoms with E-state index in [4.69, 9.17) is 17.3 Å². The first-order chi connectivity index (χ1) is 8.56. The highest BCUT2D eigenvalue weighted by Gasteiger charge is 2.15. The number of para-hydroxylation sites is 1. The van der Waals surface area contributed by atoms with Crippen molar-refractivity contribution in [2.75, 3.05) is 0 Å². The van der Waals surface area contributed by atoms with Gasteiger partial charge in [0.1, 0.15) is 0 Å². The molecule has 0 aliphatic heterocycles. The van der Waals surface area contributed by atoms with Gasteiger partial charge in [-0.3, -0.25) is 0 Å². The van der Waals surface area contributed by atoms with Gasteiger partial charge in [-0.1, -0.05) is 36.7 Å². The highest BCUT2D eigenvalue weighted by molar-refractivity contribution is 6.31. The first-order valence-corrected chi connectivity index (χ1v) is 6.50. The highest BCUT2D eigenvalue weighted by atomic mass is 35.5. The summed E-state index contributed by atoms with van der Waals surface area (Å²) in [5.74, 6) is 0.